The van der Waals surface area contributed by atoms with Crippen molar-refractivity contribution in [2.24, 2.45) is 23.0 Å². The summed E-state index contributed by atoms with van der Waals surface area (Å²) in [6.45, 7) is 8.22. The maximum atomic E-state index is 4.50. The maximum Gasteiger partial charge on any atom is -0.00156 e. The molecule has 0 amide bonds. The molecule has 0 bridgehead atoms. The van der Waals surface area contributed by atoms with Crippen molar-refractivity contribution in [1.29, 1.82) is 0 Å². The zero-order valence-corrected chi connectivity index (χ0v) is 8.44. The van der Waals surface area contributed by atoms with Gasteiger partial charge in [-0.25, -0.2) is 0 Å². The van der Waals surface area contributed by atoms with Gasteiger partial charge in [-0.2, -0.15) is 0 Å². The van der Waals surface area contributed by atoms with Crippen LogP contribution in [0.15, 0.2) is 0 Å². The second-order valence-electron chi connectivity index (χ2n) is 3.77. The Morgan fingerprint density at radius 2 is 1.73 bits per heavy atom. The lowest BCUT2D eigenvalue weighted by atomic mass is 10.1. The fourth-order valence-electron chi connectivity index (χ4n) is 1.68. The van der Waals surface area contributed by atoms with E-state index in [0.717, 1.165) is 11.8 Å². The van der Waals surface area contributed by atoms with Gasteiger partial charge in [-0.15, -0.1) is 0 Å². The molecule has 0 spiro atoms. The molecule has 0 heterocycles. The van der Waals surface area contributed by atoms with Crippen molar-refractivity contribution in [3.05, 3.63) is 0 Å². The Kier molecular flexibility index (Phi) is 4.04. The highest BCUT2D eigenvalue weighted by Crippen LogP contribution is 2.57. The SMILES string of the molecule is CN.CNCC1C(C)C1(C)C. The molecule has 0 saturated heterocycles. The first-order valence-corrected chi connectivity index (χ1v) is 4.33. The predicted octanol–water partition coefficient (Wildman–Crippen LogP) is 1.07. The lowest BCUT2D eigenvalue weighted by Gasteiger charge is -1.99. The number of hydrogen-bond donors (Lipinski definition) is 2. The van der Waals surface area contributed by atoms with Crippen molar-refractivity contribution in [1.82, 2.24) is 5.32 Å². The number of nitrogens with one attached hydrogen (secondary N) is 1. The first-order valence-electron chi connectivity index (χ1n) is 4.33. The average molecular weight is 158 g/mol. The normalized spacial score (nSPS) is 32.2. The highest BCUT2D eigenvalue weighted by atomic mass is 14.8. The molecule has 0 radical (unpaired) electrons. The van der Waals surface area contributed by atoms with Crippen molar-refractivity contribution in [2.45, 2.75) is 20.8 Å². The molecule has 2 atom stereocenters. The Morgan fingerprint density at radius 1 is 1.36 bits per heavy atom. The summed E-state index contributed by atoms with van der Waals surface area (Å²) in [7, 11) is 3.53. The van der Waals surface area contributed by atoms with Crippen LogP contribution < -0.4 is 11.1 Å². The minimum absolute atomic E-state index is 0.614. The van der Waals surface area contributed by atoms with E-state index in [4.69, 9.17) is 0 Å². The van der Waals surface area contributed by atoms with E-state index >= 15 is 0 Å². The highest BCUT2D eigenvalue weighted by molar-refractivity contribution is 5.02. The Labute approximate surface area is 70.5 Å². The fourth-order valence-corrected chi connectivity index (χ4v) is 1.68. The summed E-state index contributed by atoms with van der Waals surface area (Å²) in [4.78, 5) is 0. The number of hydrogen-bond acceptors (Lipinski definition) is 2. The smallest absolute Gasteiger partial charge is 0.00156 e. The Morgan fingerprint density at radius 3 is 1.82 bits per heavy atom. The number of rotatable bonds is 2. The van der Waals surface area contributed by atoms with Crippen LogP contribution in [0.2, 0.25) is 0 Å². The van der Waals surface area contributed by atoms with E-state index in [1.54, 1.807) is 0 Å². The van der Waals surface area contributed by atoms with Gasteiger partial charge in [-0.1, -0.05) is 20.8 Å². The minimum atomic E-state index is 0.614. The minimum Gasteiger partial charge on any atom is -0.333 e. The third-order valence-corrected chi connectivity index (χ3v) is 3.05. The van der Waals surface area contributed by atoms with Crippen LogP contribution in [0.5, 0.6) is 0 Å². The van der Waals surface area contributed by atoms with Crippen LogP contribution in [0.25, 0.3) is 0 Å². The number of nitrogens with two attached hydrogens (primary N) is 1. The van der Waals surface area contributed by atoms with Gasteiger partial charge in [0.25, 0.3) is 0 Å². The molecule has 1 rings (SSSR count). The van der Waals surface area contributed by atoms with Crippen LogP contribution in [-0.2, 0) is 0 Å². The van der Waals surface area contributed by atoms with Crippen molar-refractivity contribution in [3.63, 3.8) is 0 Å². The first-order chi connectivity index (χ1) is 5.10. The molecule has 2 nitrogen and oxygen atoms in total. The zero-order valence-electron chi connectivity index (χ0n) is 8.44. The summed E-state index contributed by atoms with van der Waals surface area (Å²) in [5.74, 6) is 1.84. The van der Waals surface area contributed by atoms with Crippen molar-refractivity contribution in [2.75, 3.05) is 20.6 Å². The Balaban J connectivity index is 0.000000461. The third kappa shape index (κ3) is 2.17. The topological polar surface area (TPSA) is 38.0 Å². The molecule has 0 aliphatic heterocycles. The molecule has 1 saturated carbocycles. The van der Waals surface area contributed by atoms with Gasteiger partial charge in [0.15, 0.2) is 0 Å². The molecule has 0 aromatic rings. The molecule has 1 aliphatic carbocycles. The van der Waals surface area contributed by atoms with Crippen molar-refractivity contribution >= 4 is 0 Å². The van der Waals surface area contributed by atoms with Gasteiger partial charge < -0.3 is 11.1 Å². The van der Waals surface area contributed by atoms with E-state index < -0.39 is 0 Å². The van der Waals surface area contributed by atoms with E-state index in [1.807, 2.05) is 7.05 Å². The van der Waals surface area contributed by atoms with Crippen LogP contribution in [0.4, 0.5) is 0 Å². The van der Waals surface area contributed by atoms with E-state index in [9.17, 15) is 0 Å². The van der Waals surface area contributed by atoms with Crippen molar-refractivity contribution < 1.29 is 0 Å². The molecule has 68 valence electrons. The van der Waals surface area contributed by atoms with Gasteiger partial charge >= 0.3 is 0 Å². The molecule has 11 heavy (non-hydrogen) atoms. The van der Waals surface area contributed by atoms with Crippen LogP contribution in [0, 0.1) is 17.3 Å². The van der Waals surface area contributed by atoms with E-state index in [1.165, 1.54) is 13.6 Å². The molecule has 1 fully saturated rings. The highest BCUT2D eigenvalue weighted by Gasteiger charge is 2.53. The third-order valence-electron chi connectivity index (χ3n) is 3.05. The molecule has 1 aliphatic rings. The quantitative estimate of drug-likeness (QED) is 0.631. The largest absolute Gasteiger partial charge is 0.333 e. The second-order valence-corrected chi connectivity index (χ2v) is 3.77. The standard InChI is InChI=1S/C8H17N.CH5N/c1-6-7(5-9-4)8(6,2)3;1-2/h6-7,9H,5H2,1-4H3;2H2,1H3. The monoisotopic (exact) mass is 158 g/mol. The molecule has 0 aromatic heterocycles. The summed E-state index contributed by atoms with van der Waals surface area (Å²) >= 11 is 0. The maximum absolute atomic E-state index is 4.50. The van der Waals surface area contributed by atoms with Crippen molar-refractivity contribution in [3.8, 4) is 0 Å². The van der Waals surface area contributed by atoms with Gasteiger partial charge in [0, 0.05) is 0 Å². The molecule has 2 unspecified atom stereocenters. The summed E-state index contributed by atoms with van der Waals surface area (Å²) in [6.07, 6.45) is 0. The van der Waals surface area contributed by atoms with Gasteiger partial charge in [-0.05, 0) is 37.9 Å². The van der Waals surface area contributed by atoms with E-state index in [0.29, 0.717) is 5.41 Å². The van der Waals surface area contributed by atoms with Gasteiger partial charge in [0.05, 0.1) is 0 Å². The molecular formula is C9H22N2. The van der Waals surface area contributed by atoms with Crippen LogP contribution in [0.3, 0.4) is 0 Å². The van der Waals surface area contributed by atoms with Gasteiger partial charge in [0.2, 0.25) is 0 Å². The fraction of sp³-hybridized carbons (Fsp3) is 1.00. The summed E-state index contributed by atoms with van der Waals surface area (Å²) in [5, 5.41) is 3.22. The summed E-state index contributed by atoms with van der Waals surface area (Å²) in [6, 6.07) is 0. The van der Waals surface area contributed by atoms with Gasteiger partial charge in [-0.3, -0.25) is 0 Å². The van der Waals surface area contributed by atoms with Crippen LogP contribution >= 0.6 is 0 Å². The Hall–Kier alpha value is -0.0800. The van der Waals surface area contributed by atoms with Crippen LogP contribution in [0.1, 0.15) is 20.8 Å². The van der Waals surface area contributed by atoms with Crippen LogP contribution in [-0.4, -0.2) is 20.6 Å². The molecular weight excluding hydrogens is 136 g/mol. The average Bonchev–Trinajstić information content (AvgIpc) is 2.44. The summed E-state index contributed by atoms with van der Waals surface area (Å²) in [5.41, 5.74) is 5.11. The van der Waals surface area contributed by atoms with E-state index in [2.05, 4.69) is 31.8 Å². The first kappa shape index (κ1) is 10.9. The summed E-state index contributed by atoms with van der Waals surface area (Å²) < 4.78 is 0. The molecule has 3 N–H and O–H groups in total. The predicted molar refractivity (Wildman–Crippen MR) is 50.5 cm³/mol. The van der Waals surface area contributed by atoms with E-state index in [-0.39, 0.29) is 0 Å². The second kappa shape index (κ2) is 4.07. The lowest BCUT2D eigenvalue weighted by Crippen LogP contribution is -2.12. The van der Waals surface area contributed by atoms with Gasteiger partial charge in [0.1, 0.15) is 0 Å². The Bertz CT molecular complexity index is 110. The lowest BCUT2D eigenvalue weighted by molar-refractivity contribution is 0.531. The molecule has 2 heteroatoms. The molecule has 0 aromatic carbocycles. The zero-order chi connectivity index (χ0) is 9.07.